The van der Waals surface area contributed by atoms with Crippen LogP contribution in [-0.2, 0) is 4.79 Å². The van der Waals surface area contributed by atoms with E-state index in [2.05, 4.69) is 15.5 Å². The van der Waals surface area contributed by atoms with Gasteiger partial charge < -0.3 is 9.84 Å². The van der Waals surface area contributed by atoms with Crippen molar-refractivity contribution in [2.24, 2.45) is 0 Å². The topological polar surface area (TPSA) is 68.0 Å². The van der Waals surface area contributed by atoms with Crippen molar-refractivity contribution in [3.05, 3.63) is 39.7 Å². The summed E-state index contributed by atoms with van der Waals surface area (Å²) in [6.07, 6.45) is 0. The molecule has 2 heterocycles. The molecule has 1 N–H and O–H groups in total. The lowest BCUT2D eigenvalue weighted by atomic mass is 10.2. The van der Waals surface area contributed by atoms with E-state index in [0.29, 0.717) is 33.0 Å². The number of aromatic nitrogens is 2. The van der Waals surface area contributed by atoms with E-state index in [1.54, 1.807) is 24.3 Å². The fourth-order valence-corrected chi connectivity index (χ4v) is 3.05. The maximum atomic E-state index is 11.2. The molecule has 1 amide bonds. The fraction of sp³-hybridized carbons (Fsp3) is 0.0714. The van der Waals surface area contributed by atoms with Gasteiger partial charge >= 0.3 is 0 Å². The second-order valence-electron chi connectivity index (χ2n) is 4.40. The quantitative estimate of drug-likeness (QED) is 0.738. The van der Waals surface area contributed by atoms with E-state index >= 15 is 0 Å². The summed E-state index contributed by atoms with van der Waals surface area (Å²) in [4.78, 5) is 16.2. The molecule has 0 radical (unpaired) electrons. The van der Waals surface area contributed by atoms with E-state index in [1.807, 2.05) is 5.38 Å². The number of amides is 1. The number of carbonyl (C=O) groups excluding carboxylic acids is 1. The molecule has 0 aliphatic heterocycles. The molecule has 8 heteroatoms. The van der Waals surface area contributed by atoms with Gasteiger partial charge in [-0.15, -0.1) is 11.3 Å². The van der Waals surface area contributed by atoms with Gasteiger partial charge in [-0.2, -0.15) is 4.98 Å². The number of nitrogens with one attached hydrogen (secondary N) is 1. The Hall–Kier alpha value is -1.89. The molecule has 0 bridgehead atoms. The minimum Gasteiger partial charge on any atom is -0.333 e. The van der Waals surface area contributed by atoms with Gasteiger partial charge in [0.05, 0.1) is 15.7 Å². The normalized spacial score (nSPS) is 10.7. The number of thiophene rings is 1. The summed E-state index contributed by atoms with van der Waals surface area (Å²) < 4.78 is 5.24. The molecule has 1 aromatic carbocycles. The molecule has 3 rings (SSSR count). The maximum Gasteiger partial charge on any atom is 0.269 e. The van der Waals surface area contributed by atoms with E-state index in [0.717, 1.165) is 4.88 Å². The molecule has 2 aromatic heterocycles. The zero-order chi connectivity index (χ0) is 15.7. The summed E-state index contributed by atoms with van der Waals surface area (Å²) in [6.45, 7) is 1.41. The molecule has 0 atom stereocenters. The third-order valence-corrected chi connectivity index (χ3v) is 4.43. The highest BCUT2D eigenvalue weighted by Gasteiger charge is 2.15. The van der Waals surface area contributed by atoms with Crippen molar-refractivity contribution in [2.75, 3.05) is 5.32 Å². The number of hydrogen-bond donors (Lipinski definition) is 1. The first-order chi connectivity index (χ1) is 10.5. The van der Waals surface area contributed by atoms with Gasteiger partial charge in [0, 0.05) is 12.5 Å². The number of anilines is 1. The molecule has 0 aliphatic rings. The molecule has 0 saturated carbocycles. The first-order valence-corrected chi connectivity index (χ1v) is 7.83. The number of hydrogen-bond acceptors (Lipinski definition) is 5. The third-order valence-electron chi connectivity index (χ3n) is 2.77. The Morgan fingerprint density at radius 2 is 2.09 bits per heavy atom. The molecule has 22 heavy (non-hydrogen) atoms. The van der Waals surface area contributed by atoms with Crippen LogP contribution in [0.25, 0.3) is 22.2 Å². The summed E-state index contributed by atoms with van der Waals surface area (Å²) in [5.74, 6) is 0.534. The predicted octanol–water partition coefficient (Wildman–Crippen LogP) is 4.73. The molecule has 3 aromatic rings. The van der Waals surface area contributed by atoms with Crippen LogP contribution in [-0.4, -0.2) is 16.0 Å². The summed E-state index contributed by atoms with van der Waals surface area (Å²) in [5, 5.41) is 9.44. The van der Waals surface area contributed by atoms with Gasteiger partial charge in [0.1, 0.15) is 4.88 Å². The highest BCUT2D eigenvalue weighted by Crippen LogP contribution is 2.34. The lowest BCUT2D eigenvalue weighted by molar-refractivity contribution is -0.114. The summed E-state index contributed by atoms with van der Waals surface area (Å²) in [6, 6.07) is 6.87. The number of carbonyl (C=O) groups is 1. The summed E-state index contributed by atoms with van der Waals surface area (Å²) in [5.41, 5.74) is 1.17. The predicted molar refractivity (Wildman–Crippen MR) is 87.4 cm³/mol. The molecule has 0 saturated heterocycles. The lowest BCUT2D eigenvalue weighted by Gasteiger charge is -2.05. The van der Waals surface area contributed by atoms with E-state index in [-0.39, 0.29) is 5.91 Å². The molecule has 0 aliphatic carbocycles. The van der Waals surface area contributed by atoms with Crippen LogP contribution in [0.3, 0.4) is 0 Å². The van der Waals surface area contributed by atoms with E-state index < -0.39 is 0 Å². The van der Waals surface area contributed by atoms with Gasteiger partial charge in [0.25, 0.3) is 5.89 Å². The Morgan fingerprint density at radius 3 is 2.77 bits per heavy atom. The van der Waals surface area contributed by atoms with Crippen LogP contribution in [0.5, 0.6) is 0 Å². The van der Waals surface area contributed by atoms with Gasteiger partial charge in [-0.3, -0.25) is 4.79 Å². The molecule has 0 unspecified atom stereocenters. The van der Waals surface area contributed by atoms with Crippen LogP contribution in [0.2, 0.25) is 10.0 Å². The smallest absolute Gasteiger partial charge is 0.269 e. The largest absolute Gasteiger partial charge is 0.333 e. The lowest BCUT2D eigenvalue weighted by Crippen LogP contribution is -2.06. The van der Waals surface area contributed by atoms with Gasteiger partial charge in [-0.05, 0) is 29.6 Å². The van der Waals surface area contributed by atoms with Crippen LogP contribution in [0.1, 0.15) is 6.92 Å². The van der Waals surface area contributed by atoms with Crippen molar-refractivity contribution >= 4 is 46.1 Å². The Morgan fingerprint density at radius 1 is 1.27 bits per heavy atom. The SMILES string of the molecule is CC(=O)Nc1cc(-c2noc(-c3sccc3Cl)n2)ccc1Cl. The Balaban J connectivity index is 1.97. The highest BCUT2D eigenvalue weighted by atomic mass is 35.5. The maximum absolute atomic E-state index is 11.2. The average molecular weight is 354 g/mol. The minimum atomic E-state index is -0.210. The second-order valence-corrected chi connectivity index (χ2v) is 6.13. The zero-order valence-corrected chi connectivity index (χ0v) is 13.6. The molecular weight excluding hydrogens is 345 g/mol. The number of benzene rings is 1. The summed E-state index contributed by atoms with van der Waals surface area (Å²) in [7, 11) is 0. The third kappa shape index (κ3) is 2.99. The van der Waals surface area contributed by atoms with Gasteiger partial charge in [-0.25, -0.2) is 0 Å². The molecule has 5 nitrogen and oxygen atoms in total. The zero-order valence-electron chi connectivity index (χ0n) is 11.3. The van der Waals surface area contributed by atoms with Crippen LogP contribution < -0.4 is 5.32 Å². The Labute approximate surface area is 139 Å². The Bertz CT molecular complexity index is 844. The van der Waals surface area contributed by atoms with Gasteiger partial charge in [-0.1, -0.05) is 28.4 Å². The molecule has 0 fully saturated rings. The molecule has 0 spiro atoms. The number of halogens is 2. The molecule has 112 valence electrons. The standard InChI is InChI=1S/C14H9Cl2N3O2S/c1-7(20)17-11-6-8(2-3-9(11)15)13-18-14(21-19-13)12-10(16)4-5-22-12/h2-6H,1H3,(H,17,20). The van der Waals surface area contributed by atoms with E-state index in [4.69, 9.17) is 27.7 Å². The van der Waals surface area contributed by atoms with Crippen molar-refractivity contribution in [3.8, 4) is 22.2 Å². The van der Waals surface area contributed by atoms with Crippen LogP contribution >= 0.6 is 34.5 Å². The minimum absolute atomic E-state index is 0.210. The first-order valence-electron chi connectivity index (χ1n) is 6.19. The van der Waals surface area contributed by atoms with Crippen LogP contribution in [0, 0.1) is 0 Å². The monoisotopic (exact) mass is 353 g/mol. The van der Waals surface area contributed by atoms with Crippen molar-refractivity contribution in [1.82, 2.24) is 10.1 Å². The highest BCUT2D eigenvalue weighted by molar-refractivity contribution is 7.14. The van der Waals surface area contributed by atoms with Crippen molar-refractivity contribution in [1.29, 1.82) is 0 Å². The van der Waals surface area contributed by atoms with E-state index in [1.165, 1.54) is 18.3 Å². The van der Waals surface area contributed by atoms with Crippen LogP contribution in [0.4, 0.5) is 5.69 Å². The average Bonchev–Trinajstić information content (AvgIpc) is 3.09. The van der Waals surface area contributed by atoms with E-state index in [9.17, 15) is 4.79 Å². The first kappa shape index (κ1) is 15.0. The van der Waals surface area contributed by atoms with Crippen molar-refractivity contribution < 1.29 is 9.32 Å². The van der Waals surface area contributed by atoms with Gasteiger partial charge in [0.2, 0.25) is 11.7 Å². The number of nitrogens with zero attached hydrogens (tertiary/aromatic N) is 2. The molecular formula is C14H9Cl2N3O2S. The van der Waals surface area contributed by atoms with Crippen molar-refractivity contribution in [3.63, 3.8) is 0 Å². The Kier molecular flexibility index (Phi) is 4.15. The number of rotatable bonds is 3. The van der Waals surface area contributed by atoms with Crippen LogP contribution in [0.15, 0.2) is 34.2 Å². The van der Waals surface area contributed by atoms with Gasteiger partial charge in [0.15, 0.2) is 0 Å². The fourth-order valence-electron chi connectivity index (χ4n) is 1.83. The van der Waals surface area contributed by atoms with Crippen molar-refractivity contribution in [2.45, 2.75) is 6.92 Å². The second kappa shape index (κ2) is 6.08. The summed E-state index contributed by atoms with van der Waals surface area (Å²) >= 11 is 13.5.